The third-order valence-electron chi connectivity index (χ3n) is 5.80. The molecule has 0 spiro atoms. The predicted octanol–water partition coefficient (Wildman–Crippen LogP) is 7.10. The zero-order chi connectivity index (χ0) is 22.3. The van der Waals surface area contributed by atoms with Crippen molar-refractivity contribution in [3.63, 3.8) is 0 Å². The summed E-state index contributed by atoms with van der Waals surface area (Å²) < 4.78 is 0. The van der Waals surface area contributed by atoms with Crippen LogP contribution in [0.5, 0.6) is 0 Å². The van der Waals surface area contributed by atoms with Crippen molar-refractivity contribution in [1.29, 1.82) is 0 Å². The van der Waals surface area contributed by atoms with Crippen molar-refractivity contribution in [1.82, 2.24) is 0 Å². The number of rotatable bonds is 9. The van der Waals surface area contributed by atoms with Crippen LogP contribution in [0.15, 0.2) is 59.6 Å². The monoisotopic (exact) mass is 464 g/mol. The van der Waals surface area contributed by atoms with Crippen LogP contribution in [0, 0.1) is 0 Å². The second-order valence-corrected chi connectivity index (χ2v) is 9.82. The van der Waals surface area contributed by atoms with Gasteiger partial charge in [-0.1, -0.05) is 80.3 Å². The molecule has 0 saturated carbocycles. The number of amides is 1. The Morgan fingerprint density at radius 3 is 2.44 bits per heavy atom. The molecule has 1 aliphatic heterocycles. The van der Waals surface area contributed by atoms with E-state index in [9.17, 15) is 4.79 Å². The Morgan fingerprint density at radius 2 is 1.69 bits per heavy atom. The minimum absolute atomic E-state index is 0.0868. The van der Waals surface area contributed by atoms with E-state index in [1.807, 2.05) is 24.3 Å². The second kappa shape index (κ2) is 10.9. The molecule has 0 fully saturated rings. The first-order valence-electron chi connectivity index (χ1n) is 11.4. The van der Waals surface area contributed by atoms with Crippen LogP contribution in [0.2, 0.25) is 5.02 Å². The number of nitrogens with zero attached hydrogens (tertiary/aromatic N) is 1. The molecule has 0 aliphatic carbocycles. The van der Waals surface area contributed by atoms with E-state index in [0.29, 0.717) is 5.02 Å². The summed E-state index contributed by atoms with van der Waals surface area (Å²) in [6.07, 6.45) is 8.27. The van der Waals surface area contributed by atoms with E-state index in [-0.39, 0.29) is 12.5 Å². The number of unbranched alkanes of at least 4 members (excludes halogenated alkanes) is 3. The first-order chi connectivity index (χ1) is 15.6. The predicted molar refractivity (Wildman–Crippen MR) is 137 cm³/mol. The van der Waals surface area contributed by atoms with Crippen molar-refractivity contribution >= 4 is 39.6 Å². The standard InChI is InChI=1S/C27H29ClN2OS/c1-2-3-4-5-8-19-11-13-20(14-12-19)15-16-21-17-23-26(22-9-6-7-10-24(22)28)29-18-25(31)30-27(23)32-21/h6-7,9-14,17H,2-5,8,15-16,18H2,1H3,(H,30,31). The van der Waals surface area contributed by atoms with Gasteiger partial charge < -0.3 is 5.32 Å². The summed E-state index contributed by atoms with van der Waals surface area (Å²) in [6, 6.07) is 18.9. The van der Waals surface area contributed by atoms with E-state index in [2.05, 4.69) is 47.6 Å². The van der Waals surface area contributed by atoms with Crippen LogP contribution in [0.4, 0.5) is 5.00 Å². The molecule has 4 rings (SSSR count). The fraction of sp³-hybridized carbons (Fsp3) is 0.333. The van der Waals surface area contributed by atoms with Crippen molar-refractivity contribution < 1.29 is 4.79 Å². The van der Waals surface area contributed by atoms with Gasteiger partial charge in [-0.2, -0.15) is 0 Å². The molecule has 0 saturated heterocycles. The van der Waals surface area contributed by atoms with Gasteiger partial charge >= 0.3 is 0 Å². The molecule has 1 aliphatic rings. The average molecular weight is 465 g/mol. The molecule has 1 N–H and O–H groups in total. The molecule has 0 radical (unpaired) electrons. The van der Waals surface area contributed by atoms with Crippen molar-refractivity contribution in [3.8, 4) is 0 Å². The molecule has 0 bridgehead atoms. The molecule has 0 unspecified atom stereocenters. The fourth-order valence-corrected chi connectivity index (χ4v) is 5.31. The molecular formula is C27H29ClN2OS. The van der Waals surface area contributed by atoms with E-state index in [1.165, 1.54) is 48.1 Å². The van der Waals surface area contributed by atoms with Gasteiger partial charge in [-0.3, -0.25) is 9.79 Å². The molecular weight excluding hydrogens is 436 g/mol. The zero-order valence-electron chi connectivity index (χ0n) is 18.5. The minimum atomic E-state index is -0.0868. The Morgan fingerprint density at radius 1 is 0.938 bits per heavy atom. The molecule has 1 aromatic heterocycles. The van der Waals surface area contributed by atoms with E-state index in [4.69, 9.17) is 11.6 Å². The lowest BCUT2D eigenvalue weighted by atomic mass is 10.0. The van der Waals surface area contributed by atoms with E-state index < -0.39 is 0 Å². The lowest BCUT2D eigenvalue weighted by Crippen LogP contribution is -2.12. The number of carbonyl (C=O) groups is 1. The van der Waals surface area contributed by atoms with Crippen molar-refractivity contribution in [2.24, 2.45) is 4.99 Å². The molecule has 32 heavy (non-hydrogen) atoms. The lowest BCUT2D eigenvalue weighted by molar-refractivity contribution is -0.114. The molecule has 166 valence electrons. The summed E-state index contributed by atoms with van der Waals surface area (Å²) in [5, 5.41) is 4.53. The topological polar surface area (TPSA) is 41.5 Å². The zero-order valence-corrected chi connectivity index (χ0v) is 20.1. The van der Waals surface area contributed by atoms with Crippen LogP contribution in [0.25, 0.3) is 0 Å². The highest BCUT2D eigenvalue weighted by Crippen LogP contribution is 2.34. The summed E-state index contributed by atoms with van der Waals surface area (Å²) in [5.74, 6) is -0.0868. The Kier molecular flexibility index (Phi) is 7.77. The number of nitrogens with one attached hydrogen (secondary N) is 1. The van der Waals surface area contributed by atoms with Crippen LogP contribution in [-0.4, -0.2) is 18.2 Å². The maximum atomic E-state index is 12.2. The Bertz CT molecular complexity index is 1100. The third kappa shape index (κ3) is 5.67. The van der Waals surface area contributed by atoms with Crippen LogP contribution in [0.1, 0.15) is 59.7 Å². The highest BCUT2D eigenvalue weighted by molar-refractivity contribution is 7.16. The summed E-state index contributed by atoms with van der Waals surface area (Å²) >= 11 is 8.08. The molecule has 1 amide bonds. The van der Waals surface area contributed by atoms with Gasteiger partial charge in [0.25, 0.3) is 0 Å². The number of carbonyl (C=O) groups excluding carboxylic acids is 1. The van der Waals surface area contributed by atoms with Crippen molar-refractivity contribution in [2.45, 2.75) is 51.9 Å². The van der Waals surface area contributed by atoms with Crippen molar-refractivity contribution in [3.05, 3.63) is 86.8 Å². The number of hydrogen-bond donors (Lipinski definition) is 1. The van der Waals surface area contributed by atoms with Gasteiger partial charge in [-0.05, 0) is 48.9 Å². The lowest BCUT2D eigenvalue weighted by Gasteiger charge is -2.07. The van der Waals surface area contributed by atoms with Gasteiger partial charge in [0.2, 0.25) is 5.91 Å². The quantitative estimate of drug-likeness (QED) is 0.337. The minimum Gasteiger partial charge on any atom is -0.316 e. The van der Waals surface area contributed by atoms with E-state index in [0.717, 1.165) is 34.7 Å². The number of thiophene rings is 1. The number of anilines is 1. The first-order valence-corrected chi connectivity index (χ1v) is 12.6. The SMILES string of the molecule is CCCCCCc1ccc(CCc2cc3c(s2)NC(=O)CN=C3c2ccccc2Cl)cc1. The third-order valence-corrected chi connectivity index (χ3v) is 7.24. The number of aryl methyl sites for hydroxylation is 3. The van der Waals surface area contributed by atoms with Gasteiger partial charge in [0.15, 0.2) is 0 Å². The maximum absolute atomic E-state index is 12.2. The molecule has 2 heterocycles. The summed E-state index contributed by atoms with van der Waals surface area (Å²) in [5.41, 5.74) is 5.39. The van der Waals surface area contributed by atoms with Gasteiger partial charge in [0.05, 0.1) is 5.71 Å². The molecule has 0 atom stereocenters. The number of aliphatic imine (C=N–C) groups is 1. The highest BCUT2D eigenvalue weighted by atomic mass is 35.5. The smallest absolute Gasteiger partial charge is 0.246 e. The molecule has 3 nitrogen and oxygen atoms in total. The average Bonchev–Trinajstić information content (AvgIpc) is 3.12. The summed E-state index contributed by atoms with van der Waals surface area (Å²) in [4.78, 5) is 18.0. The number of hydrogen-bond acceptors (Lipinski definition) is 3. The normalized spacial score (nSPS) is 13.3. The van der Waals surface area contributed by atoms with Gasteiger partial charge in [0, 0.05) is 21.0 Å². The van der Waals surface area contributed by atoms with E-state index >= 15 is 0 Å². The van der Waals surface area contributed by atoms with Gasteiger partial charge in [-0.25, -0.2) is 0 Å². The number of halogens is 1. The Balaban J connectivity index is 1.45. The van der Waals surface area contributed by atoms with Crippen LogP contribution < -0.4 is 5.32 Å². The molecule has 5 heteroatoms. The molecule has 3 aromatic rings. The van der Waals surface area contributed by atoms with Gasteiger partial charge in [-0.15, -0.1) is 11.3 Å². The van der Waals surface area contributed by atoms with E-state index in [1.54, 1.807) is 11.3 Å². The first kappa shape index (κ1) is 22.8. The number of fused-ring (bicyclic) bond motifs is 1. The Labute approximate surface area is 199 Å². The van der Waals surface area contributed by atoms with Gasteiger partial charge in [0.1, 0.15) is 11.5 Å². The largest absolute Gasteiger partial charge is 0.316 e. The van der Waals surface area contributed by atoms with Crippen LogP contribution in [0.3, 0.4) is 0 Å². The van der Waals surface area contributed by atoms with Crippen molar-refractivity contribution in [2.75, 3.05) is 11.9 Å². The Hall–Kier alpha value is -2.43. The summed E-state index contributed by atoms with van der Waals surface area (Å²) in [7, 11) is 0. The highest BCUT2D eigenvalue weighted by Gasteiger charge is 2.22. The number of benzene rings is 2. The molecule has 2 aromatic carbocycles. The second-order valence-electron chi connectivity index (χ2n) is 8.28. The van der Waals surface area contributed by atoms with Crippen LogP contribution in [-0.2, 0) is 24.1 Å². The fourth-order valence-electron chi connectivity index (χ4n) is 4.02. The van der Waals surface area contributed by atoms with Crippen LogP contribution >= 0.6 is 22.9 Å². The maximum Gasteiger partial charge on any atom is 0.246 e. The summed E-state index contributed by atoms with van der Waals surface area (Å²) in [6.45, 7) is 2.36.